The molecule has 112 valence electrons. The van der Waals surface area contributed by atoms with Gasteiger partial charge in [-0.3, -0.25) is 4.99 Å². The summed E-state index contributed by atoms with van der Waals surface area (Å²) in [5.41, 5.74) is 0. The number of guanidine groups is 1. The number of halogens is 2. The van der Waals surface area contributed by atoms with Gasteiger partial charge >= 0.3 is 0 Å². The smallest absolute Gasteiger partial charge is 0.191 e. The predicted molar refractivity (Wildman–Crippen MR) is 97.1 cm³/mol. The first kappa shape index (κ1) is 17.6. The molecule has 0 spiro atoms. The van der Waals surface area contributed by atoms with Crippen molar-refractivity contribution >= 4 is 45.9 Å². The average Bonchev–Trinajstić information content (AvgIpc) is 3.09. The second kappa shape index (κ2) is 8.71. The molecule has 6 heteroatoms. The number of nitrogens with one attached hydrogen (secondary N) is 2. The van der Waals surface area contributed by atoms with Gasteiger partial charge in [-0.15, -0.1) is 24.0 Å². The second-order valence-corrected chi connectivity index (χ2v) is 5.68. The van der Waals surface area contributed by atoms with Crippen molar-refractivity contribution in [2.45, 2.75) is 19.4 Å². The van der Waals surface area contributed by atoms with E-state index in [0.29, 0.717) is 12.6 Å². The highest BCUT2D eigenvalue weighted by molar-refractivity contribution is 14.0. The van der Waals surface area contributed by atoms with E-state index < -0.39 is 0 Å². The molecule has 2 atom stereocenters. The van der Waals surface area contributed by atoms with E-state index in [4.69, 9.17) is 4.74 Å². The van der Waals surface area contributed by atoms with Crippen LogP contribution in [0.25, 0.3) is 0 Å². The van der Waals surface area contributed by atoms with Crippen molar-refractivity contribution in [2.75, 3.05) is 20.2 Å². The van der Waals surface area contributed by atoms with Crippen LogP contribution in [0.3, 0.4) is 0 Å². The maximum atomic E-state index is 5.65. The lowest BCUT2D eigenvalue weighted by molar-refractivity contribution is 0.321. The summed E-state index contributed by atoms with van der Waals surface area (Å²) in [6.07, 6.45) is 1.23. The van der Waals surface area contributed by atoms with Gasteiger partial charge in [0.2, 0.25) is 0 Å². The van der Waals surface area contributed by atoms with Crippen molar-refractivity contribution in [3.63, 3.8) is 0 Å². The molecule has 1 saturated carbocycles. The number of ether oxygens (including phenoxy) is 1. The van der Waals surface area contributed by atoms with Crippen LogP contribution in [-0.2, 0) is 0 Å². The fraction of sp³-hybridized carbons (Fsp3) is 0.500. The maximum Gasteiger partial charge on any atom is 0.191 e. The van der Waals surface area contributed by atoms with Crippen LogP contribution in [0.2, 0.25) is 0 Å². The second-order valence-electron chi connectivity index (χ2n) is 4.77. The summed E-state index contributed by atoms with van der Waals surface area (Å²) < 4.78 is 6.67. The topological polar surface area (TPSA) is 45.7 Å². The summed E-state index contributed by atoms with van der Waals surface area (Å²) >= 11 is 3.42. The lowest BCUT2D eigenvalue weighted by Gasteiger charge is -2.12. The molecular formula is C14H21BrIN3O. The van der Waals surface area contributed by atoms with Crippen molar-refractivity contribution < 1.29 is 4.74 Å². The molecular weight excluding hydrogens is 433 g/mol. The molecule has 0 saturated heterocycles. The van der Waals surface area contributed by atoms with E-state index in [2.05, 4.69) is 38.5 Å². The molecule has 2 rings (SSSR count). The summed E-state index contributed by atoms with van der Waals surface area (Å²) in [5, 5.41) is 6.62. The Hall–Kier alpha value is -0.500. The number of hydrogen-bond acceptors (Lipinski definition) is 2. The fourth-order valence-corrected chi connectivity index (χ4v) is 2.17. The van der Waals surface area contributed by atoms with Crippen LogP contribution < -0.4 is 15.4 Å². The van der Waals surface area contributed by atoms with Gasteiger partial charge in [0, 0.05) is 17.6 Å². The number of rotatable bonds is 5. The van der Waals surface area contributed by atoms with Gasteiger partial charge < -0.3 is 15.4 Å². The Labute approximate surface area is 145 Å². The van der Waals surface area contributed by atoms with Gasteiger partial charge in [0.1, 0.15) is 12.4 Å². The van der Waals surface area contributed by atoms with Crippen LogP contribution in [0, 0.1) is 5.92 Å². The Morgan fingerprint density at radius 3 is 2.85 bits per heavy atom. The molecule has 1 aromatic carbocycles. The predicted octanol–water partition coefficient (Wildman–Crippen LogP) is 3.02. The molecule has 2 unspecified atom stereocenters. The maximum absolute atomic E-state index is 5.65. The van der Waals surface area contributed by atoms with Gasteiger partial charge in [0.15, 0.2) is 5.96 Å². The SMILES string of the molecule is CN=C(NCCOc1cccc(Br)c1)NC1CC1C.I. The van der Waals surface area contributed by atoms with Gasteiger partial charge in [-0.2, -0.15) is 0 Å². The molecule has 0 bridgehead atoms. The van der Waals surface area contributed by atoms with Gasteiger partial charge in [-0.1, -0.05) is 28.9 Å². The molecule has 1 aliphatic rings. The van der Waals surface area contributed by atoms with E-state index >= 15 is 0 Å². The van der Waals surface area contributed by atoms with Crippen molar-refractivity contribution in [3.05, 3.63) is 28.7 Å². The van der Waals surface area contributed by atoms with Gasteiger partial charge in [0.05, 0.1) is 6.54 Å². The van der Waals surface area contributed by atoms with Crippen molar-refractivity contribution in [1.82, 2.24) is 10.6 Å². The summed E-state index contributed by atoms with van der Waals surface area (Å²) in [7, 11) is 1.79. The fourth-order valence-electron chi connectivity index (χ4n) is 1.79. The molecule has 4 nitrogen and oxygen atoms in total. The first-order valence-corrected chi connectivity index (χ1v) is 7.34. The van der Waals surface area contributed by atoms with Crippen LogP contribution >= 0.6 is 39.9 Å². The first-order valence-electron chi connectivity index (χ1n) is 6.54. The zero-order chi connectivity index (χ0) is 13.7. The molecule has 0 amide bonds. The summed E-state index contributed by atoms with van der Waals surface area (Å²) in [4.78, 5) is 4.19. The number of nitrogens with zero attached hydrogens (tertiary/aromatic N) is 1. The number of benzene rings is 1. The van der Waals surface area contributed by atoms with Gasteiger partial charge in [-0.05, 0) is 30.5 Å². The van der Waals surface area contributed by atoms with Crippen molar-refractivity contribution in [3.8, 4) is 5.75 Å². The summed E-state index contributed by atoms with van der Waals surface area (Å²) in [5.74, 6) is 2.48. The Bertz CT molecular complexity index is 456. The number of aliphatic imine (C=N–C) groups is 1. The van der Waals surface area contributed by atoms with E-state index in [-0.39, 0.29) is 24.0 Å². The lowest BCUT2D eigenvalue weighted by Crippen LogP contribution is -2.40. The van der Waals surface area contributed by atoms with Crippen LogP contribution in [-0.4, -0.2) is 32.2 Å². The number of hydrogen-bond donors (Lipinski definition) is 2. The minimum atomic E-state index is 0. The van der Waals surface area contributed by atoms with Crippen molar-refractivity contribution in [2.24, 2.45) is 10.9 Å². The van der Waals surface area contributed by atoms with E-state index in [9.17, 15) is 0 Å². The van der Waals surface area contributed by atoms with E-state index in [1.54, 1.807) is 7.05 Å². The highest BCUT2D eigenvalue weighted by atomic mass is 127. The third-order valence-corrected chi connectivity index (χ3v) is 3.61. The third kappa shape index (κ3) is 5.87. The largest absolute Gasteiger partial charge is 0.492 e. The minimum Gasteiger partial charge on any atom is -0.492 e. The minimum absolute atomic E-state index is 0. The lowest BCUT2D eigenvalue weighted by atomic mass is 10.3. The Morgan fingerprint density at radius 1 is 1.50 bits per heavy atom. The van der Waals surface area contributed by atoms with Crippen molar-refractivity contribution in [1.29, 1.82) is 0 Å². The Morgan fingerprint density at radius 2 is 2.25 bits per heavy atom. The highest BCUT2D eigenvalue weighted by Gasteiger charge is 2.33. The molecule has 1 aromatic rings. The standard InChI is InChI=1S/C14H20BrN3O.HI/c1-10-8-13(10)18-14(16-2)17-6-7-19-12-5-3-4-11(15)9-12;/h3-5,9-10,13H,6-8H2,1-2H3,(H2,16,17,18);1H. The Balaban J connectivity index is 0.00000200. The molecule has 2 N–H and O–H groups in total. The molecule has 0 radical (unpaired) electrons. The summed E-state index contributed by atoms with van der Waals surface area (Å²) in [6.45, 7) is 3.58. The average molecular weight is 454 g/mol. The van der Waals surface area contributed by atoms with E-state index in [1.807, 2.05) is 24.3 Å². The van der Waals surface area contributed by atoms with Gasteiger partial charge in [-0.25, -0.2) is 0 Å². The molecule has 0 aliphatic heterocycles. The van der Waals surface area contributed by atoms with Crippen LogP contribution in [0.5, 0.6) is 5.75 Å². The van der Waals surface area contributed by atoms with E-state index in [1.165, 1.54) is 6.42 Å². The zero-order valence-electron chi connectivity index (χ0n) is 11.7. The molecule has 0 aromatic heterocycles. The van der Waals surface area contributed by atoms with Crippen LogP contribution in [0.4, 0.5) is 0 Å². The van der Waals surface area contributed by atoms with Crippen LogP contribution in [0.15, 0.2) is 33.7 Å². The molecule has 0 heterocycles. The first-order chi connectivity index (χ1) is 9.19. The normalized spacial score (nSPS) is 20.9. The zero-order valence-corrected chi connectivity index (χ0v) is 15.6. The molecule has 20 heavy (non-hydrogen) atoms. The summed E-state index contributed by atoms with van der Waals surface area (Å²) in [6, 6.07) is 8.43. The quantitative estimate of drug-likeness (QED) is 0.312. The molecule has 1 fully saturated rings. The highest BCUT2D eigenvalue weighted by Crippen LogP contribution is 2.28. The van der Waals surface area contributed by atoms with Crippen LogP contribution in [0.1, 0.15) is 13.3 Å². The Kier molecular flexibility index (Phi) is 7.65. The van der Waals surface area contributed by atoms with E-state index in [0.717, 1.165) is 28.6 Å². The molecule has 1 aliphatic carbocycles. The third-order valence-electron chi connectivity index (χ3n) is 3.11. The van der Waals surface area contributed by atoms with Gasteiger partial charge in [0.25, 0.3) is 0 Å². The monoisotopic (exact) mass is 453 g/mol.